The van der Waals surface area contributed by atoms with E-state index in [9.17, 15) is 9.59 Å². The lowest BCUT2D eigenvalue weighted by molar-refractivity contribution is -0.122. The minimum atomic E-state index is -0.352. The molecule has 0 unspecified atom stereocenters. The van der Waals surface area contributed by atoms with Crippen molar-refractivity contribution in [3.05, 3.63) is 48.5 Å². The Morgan fingerprint density at radius 3 is 2.63 bits per heavy atom. The smallest absolute Gasteiger partial charge is 0.269 e. The first-order chi connectivity index (χ1) is 9.25. The number of nitrogens with one attached hydrogen (secondary N) is 2. The van der Waals surface area contributed by atoms with E-state index in [0.717, 1.165) is 0 Å². The summed E-state index contributed by atoms with van der Waals surface area (Å²) in [5, 5.41) is 3.87. The van der Waals surface area contributed by atoms with Gasteiger partial charge in [0.15, 0.2) is 0 Å². The second-order valence-corrected chi connectivity index (χ2v) is 3.78. The van der Waals surface area contributed by atoms with Gasteiger partial charge in [-0.15, -0.1) is 0 Å². The van der Waals surface area contributed by atoms with Crippen LogP contribution in [-0.4, -0.2) is 26.6 Å². The highest BCUT2D eigenvalue weighted by Gasteiger charge is 2.06. The second kappa shape index (κ2) is 6.29. The van der Waals surface area contributed by atoms with Crippen molar-refractivity contribution in [3.8, 4) is 0 Å². The molecular formula is C12H13N5O2. The number of hydrogen-bond acceptors (Lipinski definition) is 4. The zero-order chi connectivity index (χ0) is 13.5. The van der Waals surface area contributed by atoms with Gasteiger partial charge in [-0.3, -0.25) is 25.1 Å². The molecule has 0 fully saturated rings. The Hall–Kier alpha value is -2.70. The molecule has 0 saturated carbocycles. The Kier molecular flexibility index (Phi) is 4.22. The van der Waals surface area contributed by atoms with Crippen molar-refractivity contribution in [3.63, 3.8) is 0 Å². The molecule has 1 aromatic carbocycles. The van der Waals surface area contributed by atoms with E-state index in [1.807, 2.05) is 6.07 Å². The number of rotatable bonds is 4. The van der Waals surface area contributed by atoms with Crippen LogP contribution in [0.1, 0.15) is 16.8 Å². The van der Waals surface area contributed by atoms with Gasteiger partial charge in [-0.25, -0.2) is 4.98 Å². The first-order valence-electron chi connectivity index (χ1n) is 5.72. The predicted octanol–water partition coefficient (Wildman–Crippen LogP) is 0.129. The Morgan fingerprint density at radius 1 is 1.16 bits per heavy atom. The van der Waals surface area contributed by atoms with Gasteiger partial charge in [0.1, 0.15) is 12.7 Å². The van der Waals surface area contributed by atoms with Crippen LogP contribution in [0, 0.1) is 0 Å². The quantitative estimate of drug-likeness (QED) is 0.764. The summed E-state index contributed by atoms with van der Waals surface area (Å²) in [5.74, 6) is -0.644. The largest absolute Gasteiger partial charge is 0.273 e. The van der Waals surface area contributed by atoms with Gasteiger partial charge in [0.2, 0.25) is 5.91 Å². The number of amides is 2. The number of nitrogens with zero attached hydrogens (tertiary/aromatic N) is 3. The van der Waals surface area contributed by atoms with Crippen molar-refractivity contribution >= 4 is 11.8 Å². The van der Waals surface area contributed by atoms with Gasteiger partial charge in [-0.1, -0.05) is 18.2 Å². The molecule has 0 bridgehead atoms. The highest BCUT2D eigenvalue weighted by Crippen LogP contribution is 1.96. The summed E-state index contributed by atoms with van der Waals surface area (Å²) in [6, 6.07) is 8.64. The molecule has 0 spiro atoms. The maximum absolute atomic E-state index is 11.6. The number of aromatic nitrogens is 3. The molecule has 19 heavy (non-hydrogen) atoms. The third kappa shape index (κ3) is 3.91. The van der Waals surface area contributed by atoms with Gasteiger partial charge in [0.25, 0.3) is 5.91 Å². The molecule has 7 heteroatoms. The lowest BCUT2D eigenvalue weighted by Crippen LogP contribution is -2.41. The number of carbonyl (C=O) groups excluding carboxylic acids is 2. The summed E-state index contributed by atoms with van der Waals surface area (Å²) in [4.78, 5) is 26.9. The van der Waals surface area contributed by atoms with Gasteiger partial charge >= 0.3 is 0 Å². The molecule has 0 aliphatic rings. The molecule has 0 saturated heterocycles. The summed E-state index contributed by atoms with van der Waals surface area (Å²) in [6.07, 6.45) is 3.13. The predicted molar refractivity (Wildman–Crippen MR) is 66.7 cm³/mol. The third-order valence-electron chi connectivity index (χ3n) is 2.39. The molecule has 2 rings (SSSR count). The summed E-state index contributed by atoms with van der Waals surface area (Å²) < 4.78 is 1.54. The lowest BCUT2D eigenvalue weighted by Gasteiger charge is -2.07. The summed E-state index contributed by atoms with van der Waals surface area (Å²) in [7, 11) is 0. The van der Waals surface area contributed by atoms with E-state index >= 15 is 0 Å². The lowest BCUT2D eigenvalue weighted by atomic mass is 10.2. The molecule has 2 N–H and O–H groups in total. The summed E-state index contributed by atoms with van der Waals surface area (Å²) in [6.45, 7) is 0.410. The molecule has 98 valence electrons. The first-order valence-corrected chi connectivity index (χ1v) is 5.72. The highest BCUT2D eigenvalue weighted by atomic mass is 16.2. The normalized spacial score (nSPS) is 9.89. The minimum absolute atomic E-state index is 0.207. The van der Waals surface area contributed by atoms with Crippen LogP contribution in [0.25, 0.3) is 0 Å². The molecule has 1 aromatic heterocycles. The topological polar surface area (TPSA) is 88.9 Å². The average molecular weight is 259 g/mol. The van der Waals surface area contributed by atoms with Crippen molar-refractivity contribution in [1.82, 2.24) is 25.6 Å². The van der Waals surface area contributed by atoms with Crippen molar-refractivity contribution in [1.29, 1.82) is 0 Å². The van der Waals surface area contributed by atoms with E-state index in [4.69, 9.17) is 0 Å². The molecule has 2 aromatic rings. The third-order valence-corrected chi connectivity index (χ3v) is 2.39. The molecule has 0 radical (unpaired) electrons. The van der Waals surface area contributed by atoms with Crippen LogP contribution in [0.3, 0.4) is 0 Å². The summed E-state index contributed by atoms with van der Waals surface area (Å²) in [5.41, 5.74) is 5.17. The number of hydrazine groups is 1. The first kappa shape index (κ1) is 12.7. The minimum Gasteiger partial charge on any atom is -0.273 e. The SMILES string of the molecule is O=C(CCn1cncn1)NNC(=O)c1ccccc1. The standard InChI is InChI=1S/C12H13N5O2/c18-11(6-7-17-9-13-8-14-17)15-16-12(19)10-4-2-1-3-5-10/h1-5,8-9H,6-7H2,(H,15,18)(H,16,19). The Bertz CT molecular complexity index is 539. The van der Waals surface area contributed by atoms with Gasteiger partial charge in [-0.05, 0) is 12.1 Å². The van der Waals surface area contributed by atoms with Crippen LogP contribution < -0.4 is 10.9 Å². The van der Waals surface area contributed by atoms with Gasteiger partial charge in [0.05, 0.1) is 6.54 Å². The van der Waals surface area contributed by atoms with E-state index in [1.54, 1.807) is 28.9 Å². The van der Waals surface area contributed by atoms with E-state index in [2.05, 4.69) is 20.9 Å². The van der Waals surface area contributed by atoms with Gasteiger partial charge in [0, 0.05) is 12.0 Å². The molecule has 0 aliphatic heterocycles. The van der Waals surface area contributed by atoms with E-state index in [1.165, 1.54) is 12.7 Å². The van der Waals surface area contributed by atoms with E-state index < -0.39 is 0 Å². The molecule has 7 nitrogen and oxygen atoms in total. The molecule has 1 heterocycles. The monoisotopic (exact) mass is 259 g/mol. The number of benzene rings is 1. The Balaban J connectivity index is 1.73. The molecular weight excluding hydrogens is 246 g/mol. The summed E-state index contributed by atoms with van der Waals surface area (Å²) >= 11 is 0. The fourth-order valence-electron chi connectivity index (χ4n) is 1.41. The Morgan fingerprint density at radius 2 is 1.95 bits per heavy atom. The van der Waals surface area contributed by atoms with Crippen LogP contribution in [0.2, 0.25) is 0 Å². The molecule has 2 amide bonds. The maximum atomic E-state index is 11.6. The fraction of sp³-hybridized carbons (Fsp3) is 0.167. The van der Waals surface area contributed by atoms with Crippen molar-refractivity contribution in [2.24, 2.45) is 0 Å². The number of hydrogen-bond donors (Lipinski definition) is 2. The second-order valence-electron chi connectivity index (χ2n) is 3.78. The molecule has 0 atom stereocenters. The Labute approximate surface area is 109 Å². The fourth-order valence-corrected chi connectivity index (χ4v) is 1.41. The van der Waals surface area contributed by atoms with E-state index in [0.29, 0.717) is 12.1 Å². The van der Waals surface area contributed by atoms with Crippen LogP contribution in [0.15, 0.2) is 43.0 Å². The van der Waals surface area contributed by atoms with Crippen molar-refractivity contribution < 1.29 is 9.59 Å². The van der Waals surface area contributed by atoms with Crippen LogP contribution >= 0.6 is 0 Å². The van der Waals surface area contributed by atoms with E-state index in [-0.39, 0.29) is 18.2 Å². The van der Waals surface area contributed by atoms with Crippen molar-refractivity contribution in [2.45, 2.75) is 13.0 Å². The number of aryl methyl sites for hydroxylation is 1. The zero-order valence-corrected chi connectivity index (χ0v) is 10.1. The van der Waals surface area contributed by atoms with Crippen LogP contribution in [-0.2, 0) is 11.3 Å². The number of carbonyl (C=O) groups is 2. The van der Waals surface area contributed by atoms with Crippen molar-refractivity contribution in [2.75, 3.05) is 0 Å². The van der Waals surface area contributed by atoms with Crippen LogP contribution in [0.5, 0.6) is 0 Å². The zero-order valence-electron chi connectivity index (χ0n) is 10.1. The molecule has 0 aliphatic carbocycles. The van der Waals surface area contributed by atoms with Crippen LogP contribution in [0.4, 0.5) is 0 Å². The maximum Gasteiger partial charge on any atom is 0.269 e. The van der Waals surface area contributed by atoms with Gasteiger partial charge in [-0.2, -0.15) is 5.10 Å². The highest BCUT2D eigenvalue weighted by molar-refractivity contribution is 5.95. The van der Waals surface area contributed by atoms with Gasteiger partial charge < -0.3 is 0 Å². The average Bonchev–Trinajstić information content (AvgIpc) is 2.96.